The van der Waals surface area contributed by atoms with Crippen molar-refractivity contribution in [1.82, 2.24) is 0 Å². The summed E-state index contributed by atoms with van der Waals surface area (Å²) in [6, 6.07) is 9.34. The molecule has 104 valence electrons. The molecule has 0 saturated heterocycles. The summed E-state index contributed by atoms with van der Waals surface area (Å²) in [4.78, 5) is 11.0. The highest BCUT2D eigenvalue weighted by Crippen LogP contribution is 2.47. The molecule has 1 aliphatic rings. The highest BCUT2D eigenvalue weighted by atomic mass is 16.4. The summed E-state index contributed by atoms with van der Waals surface area (Å²) in [6.45, 7) is 1.82. The molecule has 0 unspecified atom stereocenters. The summed E-state index contributed by atoms with van der Waals surface area (Å²) in [5.41, 5.74) is 2.12. The van der Waals surface area contributed by atoms with Gasteiger partial charge >= 0.3 is 5.97 Å². The minimum absolute atomic E-state index is 0.0518. The minimum atomic E-state index is -0.980. The Morgan fingerprint density at radius 3 is 2.40 bits per heavy atom. The number of hydrogen-bond acceptors (Lipinski definition) is 3. The van der Waals surface area contributed by atoms with Gasteiger partial charge in [0.2, 0.25) is 0 Å². The molecule has 0 amide bonds. The smallest absolute Gasteiger partial charge is 0.339 e. The number of aromatic carboxylic acids is 1. The second-order valence-electron chi connectivity index (χ2n) is 5.40. The molecule has 4 nitrogen and oxygen atoms in total. The van der Waals surface area contributed by atoms with E-state index in [0.717, 1.165) is 24.0 Å². The molecule has 0 spiro atoms. The first-order valence-corrected chi connectivity index (χ1v) is 6.61. The first-order valence-electron chi connectivity index (χ1n) is 6.61. The first kappa shape index (κ1) is 12.9. The van der Waals surface area contributed by atoms with E-state index in [1.165, 1.54) is 0 Å². The van der Waals surface area contributed by atoms with Gasteiger partial charge in [0.15, 0.2) is 0 Å². The number of aliphatic hydroxyl groups excluding tert-OH is 1. The lowest BCUT2D eigenvalue weighted by Crippen LogP contribution is -2.11. The van der Waals surface area contributed by atoms with E-state index in [1.54, 1.807) is 13.0 Å². The summed E-state index contributed by atoms with van der Waals surface area (Å²) in [5, 5.41) is 18.4. The van der Waals surface area contributed by atoms with Crippen LogP contribution in [0.25, 0.3) is 11.3 Å². The van der Waals surface area contributed by atoms with E-state index >= 15 is 0 Å². The van der Waals surface area contributed by atoms with Gasteiger partial charge in [-0.1, -0.05) is 24.3 Å². The number of benzene rings is 1. The van der Waals surface area contributed by atoms with Gasteiger partial charge in [-0.15, -0.1) is 0 Å². The third-order valence-electron chi connectivity index (χ3n) is 4.09. The van der Waals surface area contributed by atoms with E-state index in [2.05, 4.69) is 0 Å². The van der Waals surface area contributed by atoms with Gasteiger partial charge in [-0.25, -0.2) is 4.79 Å². The van der Waals surface area contributed by atoms with Crippen LogP contribution in [-0.4, -0.2) is 22.8 Å². The number of furan rings is 1. The van der Waals surface area contributed by atoms with Crippen LogP contribution in [-0.2, 0) is 5.41 Å². The van der Waals surface area contributed by atoms with Gasteiger partial charge < -0.3 is 14.6 Å². The Morgan fingerprint density at radius 2 is 1.95 bits per heavy atom. The molecule has 20 heavy (non-hydrogen) atoms. The quantitative estimate of drug-likeness (QED) is 0.897. The van der Waals surface area contributed by atoms with Crippen LogP contribution in [0.15, 0.2) is 34.7 Å². The van der Waals surface area contributed by atoms with Gasteiger partial charge in [-0.3, -0.25) is 0 Å². The molecule has 1 heterocycles. The molecular weight excluding hydrogens is 256 g/mol. The van der Waals surface area contributed by atoms with E-state index in [9.17, 15) is 9.90 Å². The van der Waals surface area contributed by atoms with Gasteiger partial charge in [-0.2, -0.15) is 0 Å². The van der Waals surface area contributed by atoms with Crippen molar-refractivity contribution >= 4 is 5.97 Å². The summed E-state index contributed by atoms with van der Waals surface area (Å²) in [6.07, 6.45) is 2.04. The van der Waals surface area contributed by atoms with Crippen molar-refractivity contribution < 1.29 is 19.4 Å². The largest absolute Gasteiger partial charge is 0.478 e. The molecule has 1 saturated carbocycles. The number of hydrogen-bond donors (Lipinski definition) is 2. The molecule has 1 aromatic carbocycles. The highest BCUT2D eigenvalue weighted by Gasteiger charge is 2.43. The van der Waals surface area contributed by atoms with E-state index in [0.29, 0.717) is 11.5 Å². The van der Waals surface area contributed by atoms with Crippen molar-refractivity contribution in [3.63, 3.8) is 0 Å². The van der Waals surface area contributed by atoms with Gasteiger partial charge in [0.05, 0.1) is 6.61 Å². The number of aryl methyl sites for hydroxylation is 1. The van der Waals surface area contributed by atoms with Gasteiger partial charge in [0, 0.05) is 11.0 Å². The fourth-order valence-electron chi connectivity index (χ4n) is 2.51. The third-order valence-corrected chi connectivity index (χ3v) is 4.09. The average molecular weight is 272 g/mol. The highest BCUT2D eigenvalue weighted by molar-refractivity contribution is 5.90. The maximum atomic E-state index is 11.0. The summed E-state index contributed by atoms with van der Waals surface area (Å²) in [5.74, 6) is -0.0165. The second kappa shape index (κ2) is 4.49. The molecule has 1 aromatic heterocycles. The molecule has 2 N–H and O–H groups in total. The number of carbonyl (C=O) groups is 1. The zero-order valence-electron chi connectivity index (χ0n) is 11.2. The topological polar surface area (TPSA) is 70.7 Å². The van der Waals surface area contributed by atoms with E-state index in [4.69, 9.17) is 9.52 Å². The molecule has 4 heteroatoms. The SMILES string of the molecule is Cc1oc(-c2ccc(C3(CO)CC3)cc2)cc1C(=O)O. The number of rotatable bonds is 4. The predicted octanol–water partition coefficient (Wildman–Crippen LogP) is 2.98. The zero-order valence-corrected chi connectivity index (χ0v) is 11.2. The van der Waals surface area contributed by atoms with Crippen LogP contribution in [0.2, 0.25) is 0 Å². The van der Waals surface area contributed by atoms with Crippen LogP contribution < -0.4 is 0 Å². The lowest BCUT2D eigenvalue weighted by Gasteiger charge is -2.12. The van der Waals surface area contributed by atoms with Crippen LogP contribution in [0, 0.1) is 6.92 Å². The standard InChI is InChI=1S/C16H16O4/c1-10-13(15(18)19)8-14(20-10)11-2-4-12(5-3-11)16(9-17)6-7-16/h2-5,8,17H,6-7,9H2,1H3,(H,18,19). The van der Waals surface area contributed by atoms with E-state index < -0.39 is 5.97 Å². The Labute approximate surface area is 116 Å². The van der Waals surface area contributed by atoms with Crippen molar-refractivity contribution in [2.24, 2.45) is 0 Å². The van der Waals surface area contributed by atoms with Crippen molar-refractivity contribution in [3.05, 3.63) is 47.2 Å². The van der Waals surface area contributed by atoms with Crippen molar-refractivity contribution in [2.45, 2.75) is 25.2 Å². The molecule has 1 fully saturated rings. The Kier molecular flexibility index (Phi) is 2.91. The summed E-state index contributed by atoms with van der Waals surface area (Å²) >= 11 is 0. The molecule has 0 aliphatic heterocycles. The van der Waals surface area contributed by atoms with Gasteiger partial charge in [-0.05, 0) is 31.4 Å². The fourth-order valence-corrected chi connectivity index (χ4v) is 2.51. The zero-order chi connectivity index (χ0) is 14.3. The number of aliphatic hydroxyl groups is 1. The van der Waals surface area contributed by atoms with Crippen LogP contribution in [0.5, 0.6) is 0 Å². The Bertz CT molecular complexity index is 648. The maximum absolute atomic E-state index is 11.0. The monoisotopic (exact) mass is 272 g/mol. The van der Waals surface area contributed by atoms with E-state index in [-0.39, 0.29) is 17.6 Å². The van der Waals surface area contributed by atoms with Crippen LogP contribution in [0.4, 0.5) is 0 Å². The van der Waals surface area contributed by atoms with Crippen LogP contribution >= 0.6 is 0 Å². The maximum Gasteiger partial charge on any atom is 0.339 e. The fraction of sp³-hybridized carbons (Fsp3) is 0.312. The Hall–Kier alpha value is -2.07. The number of carboxylic acid groups (broad SMARTS) is 1. The first-order chi connectivity index (χ1) is 9.55. The normalized spacial score (nSPS) is 16.1. The van der Waals surface area contributed by atoms with E-state index in [1.807, 2.05) is 24.3 Å². The van der Waals surface area contributed by atoms with Crippen LogP contribution in [0.3, 0.4) is 0 Å². The van der Waals surface area contributed by atoms with Crippen molar-refractivity contribution in [2.75, 3.05) is 6.61 Å². The lowest BCUT2D eigenvalue weighted by molar-refractivity contribution is 0.0695. The molecule has 0 atom stereocenters. The summed E-state index contributed by atoms with van der Waals surface area (Å²) in [7, 11) is 0. The third kappa shape index (κ3) is 2.02. The molecular formula is C16H16O4. The molecule has 0 radical (unpaired) electrons. The van der Waals surface area contributed by atoms with Gasteiger partial charge in [0.1, 0.15) is 17.1 Å². The minimum Gasteiger partial charge on any atom is -0.478 e. The second-order valence-corrected chi connectivity index (χ2v) is 5.40. The van der Waals surface area contributed by atoms with Gasteiger partial charge in [0.25, 0.3) is 0 Å². The summed E-state index contributed by atoms with van der Waals surface area (Å²) < 4.78 is 5.50. The lowest BCUT2D eigenvalue weighted by atomic mass is 9.95. The Morgan fingerprint density at radius 1 is 1.30 bits per heavy atom. The molecule has 2 aromatic rings. The number of carboxylic acids is 1. The average Bonchev–Trinajstić information content (AvgIpc) is 3.15. The molecule has 1 aliphatic carbocycles. The van der Waals surface area contributed by atoms with Crippen LogP contribution in [0.1, 0.15) is 34.5 Å². The predicted molar refractivity (Wildman–Crippen MR) is 73.8 cm³/mol. The Balaban J connectivity index is 1.92. The molecule has 0 bridgehead atoms. The molecule has 3 rings (SSSR count). The van der Waals surface area contributed by atoms with Crippen molar-refractivity contribution in [1.29, 1.82) is 0 Å². The van der Waals surface area contributed by atoms with Crippen molar-refractivity contribution in [3.8, 4) is 11.3 Å².